The largest absolute Gasteiger partial charge is 0.497 e. The van der Waals surface area contributed by atoms with Crippen LogP contribution in [-0.4, -0.2) is 25.9 Å². The number of benzene rings is 2. The molecule has 0 fully saturated rings. The molecule has 2 aromatic rings. The molecule has 2 aromatic carbocycles. The lowest BCUT2D eigenvalue weighted by Gasteiger charge is -2.35. The van der Waals surface area contributed by atoms with Crippen molar-refractivity contribution in [3.63, 3.8) is 0 Å². The number of ether oxygens (including phenoxy) is 2. The zero-order valence-electron chi connectivity index (χ0n) is 17.0. The van der Waals surface area contributed by atoms with Gasteiger partial charge in [0.2, 0.25) is 5.91 Å². The van der Waals surface area contributed by atoms with Gasteiger partial charge in [0, 0.05) is 41.7 Å². The summed E-state index contributed by atoms with van der Waals surface area (Å²) in [5.74, 6) is 1.12. The highest BCUT2D eigenvalue weighted by molar-refractivity contribution is 6.02. The molecule has 29 heavy (non-hydrogen) atoms. The van der Waals surface area contributed by atoms with Gasteiger partial charge in [0.1, 0.15) is 11.5 Å². The lowest BCUT2D eigenvalue weighted by molar-refractivity contribution is -0.122. The molecule has 2 unspecified atom stereocenters. The highest BCUT2D eigenvalue weighted by Gasteiger charge is 2.39. The Balaban J connectivity index is 1.73. The van der Waals surface area contributed by atoms with Crippen LogP contribution < -0.4 is 14.8 Å². The topological polar surface area (TPSA) is 64.6 Å². The van der Waals surface area contributed by atoms with Gasteiger partial charge in [-0.1, -0.05) is 35.9 Å². The fourth-order valence-corrected chi connectivity index (χ4v) is 4.41. The van der Waals surface area contributed by atoms with Crippen LogP contribution in [0.1, 0.15) is 47.8 Å². The summed E-state index contributed by atoms with van der Waals surface area (Å²) in [4.78, 5) is 25.7. The normalized spacial score (nSPS) is 21.5. The quantitative estimate of drug-likeness (QED) is 0.855. The summed E-state index contributed by atoms with van der Waals surface area (Å²) < 4.78 is 10.8. The molecule has 150 valence electrons. The average Bonchev–Trinajstić information content (AvgIpc) is 2.72. The summed E-state index contributed by atoms with van der Waals surface area (Å²) in [6.07, 6.45) is 1.35. The molecule has 5 heteroatoms. The third kappa shape index (κ3) is 3.65. The van der Waals surface area contributed by atoms with Crippen LogP contribution in [0.2, 0.25) is 0 Å². The minimum absolute atomic E-state index is 0.0658. The molecule has 1 amide bonds. The fraction of sp³-hybridized carbons (Fsp3) is 0.333. The SMILES string of the molecule is COc1ccc(C2CC(=O)NC3=C2C(=O)CC(c2ccc(C)cc2)C3)c(OC)c1. The number of rotatable bonds is 4. The van der Waals surface area contributed by atoms with Gasteiger partial charge in [-0.2, -0.15) is 0 Å². The Labute approximate surface area is 170 Å². The van der Waals surface area contributed by atoms with Crippen LogP contribution in [0.25, 0.3) is 0 Å². The van der Waals surface area contributed by atoms with Crippen molar-refractivity contribution in [2.75, 3.05) is 14.2 Å². The molecule has 0 radical (unpaired) electrons. The third-order valence-electron chi connectivity index (χ3n) is 5.90. The van der Waals surface area contributed by atoms with E-state index in [9.17, 15) is 9.59 Å². The highest BCUT2D eigenvalue weighted by Crippen LogP contribution is 2.45. The number of hydrogen-bond acceptors (Lipinski definition) is 4. The summed E-state index contributed by atoms with van der Waals surface area (Å²) in [5, 5.41) is 2.97. The minimum atomic E-state index is -0.300. The maximum absolute atomic E-state index is 13.2. The number of carbonyl (C=O) groups is 2. The standard InChI is InChI=1S/C24H25NO4/c1-14-4-6-15(7-5-14)16-10-20-24(21(26)11-16)19(13-23(27)25-20)18-9-8-17(28-2)12-22(18)29-3/h4-9,12,16,19H,10-11,13H2,1-3H3,(H,25,27). The molecule has 1 aliphatic heterocycles. The van der Waals surface area contributed by atoms with Crippen molar-refractivity contribution < 1.29 is 19.1 Å². The zero-order chi connectivity index (χ0) is 20.5. The minimum Gasteiger partial charge on any atom is -0.497 e. The van der Waals surface area contributed by atoms with Gasteiger partial charge in [0.25, 0.3) is 0 Å². The zero-order valence-corrected chi connectivity index (χ0v) is 17.0. The van der Waals surface area contributed by atoms with Crippen LogP contribution in [-0.2, 0) is 9.59 Å². The predicted molar refractivity (Wildman–Crippen MR) is 110 cm³/mol. The van der Waals surface area contributed by atoms with Crippen LogP contribution in [0.5, 0.6) is 11.5 Å². The van der Waals surface area contributed by atoms with Crippen molar-refractivity contribution in [1.29, 1.82) is 0 Å². The maximum Gasteiger partial charge on any atom is 0.225 e. The Bertz CT molecular complexity index is 990. The summed E-state index contributed by atoms with van der Waals surface area (Å²) in [6, 6.07) is 13.8. The van der Waals surface area contributed by atoms with E-state index in [0.717, 1.165) is 22.4 Å². The molecule has 2 aliphatic rings. The highest BCUT2D eigenvalue weighted by atomic mass is 16.5. The second-order valence-corrected chi connectivity index (χ2v) is 7.74. The lowest BCUT2D eigenvalue weighted by atomic mass is 9.73. The van der Waals surface area contributed by atoms with E-state index in [-0.39, 0.29) is 29.9 Å². The molecule has 0 bridgehead atoms. The lowest BCUT2D eigenvalue weighted by Crippen LogP contribution is -2.38. The van der Waals surface area contributed by atoms with Crippen molar-refractivity contribution in [2.24, 2.45) is 0 Å². The molecule has 0 aromatic heterocycles. The number of hydrogen-bond donors (Lipinski definition) is 1. The number of ketones is 1. The van der Waals surface area contributed by atoms with E-state index in [0.29, 0.717) is 24.3 Å². The van der Waals surface area contributed by atoms with Gasteiger partial charge in [-0.3, -0.25) is 9.59 Å². The number of amides is 1. The van der Waals surface area contributed by atoms with Gasteiger partial charge >= 0.3 is 0 Å². The Morgan fingerprint density at radius 3 is 2.38 bits per heavy atom. The van der Waals surface area contributed by atoms with E-state index < -0.39 is 0 Å². The molecule has 1 aliphatic carbocycles. The van der Waals surface area contributed by atoms with Crippen molar-refractivity contribution >= 4 is 11.7 Å². The first-order chi connectivity index (χ1) is 14.0. The summed E-state index contributed by atoms with van der Waals surface area (Å²) in [7, 11) is 3.19. The molecular formula is C24H25NO4. The maximum atomic E-state index is 13.2. The van der Waals surface area contributed by atoms with Crippen LogP contribution in [0.3, 0.4) is 0 Å². The summed E-state index contributed by atoms with van der Waals surface area (Å²) in [5.41, 5.74) is 4.64. The number of allylic oxidation sites excluding steroid dienone is 2. The smallest absolute Gasteiger partial charge is 0.225 e. The first-order valence-corrected chi connectivity index (χ1v) is 9.84. The molecule has 1 heterocycles. The number of carbonyl (C=O) groups excluding carboxylic acids is 2. The van der Waals surface area contributed by atoms with Crippen molar-refractivity contribution in [3.05, 3.63) is 70.4 Å². The second-order valence-electron chi connectivity index (χ2n) is 7.74. The number of methoxy groups -OCH3 is 2. The van der Waals surface area contributed by atoms with E-state index in [1.165, 1.54) is 5.56 Å². The molecule has 0 saturated heterocycles. The number of Topliss-reactive ketones (excluding diaryl/α,β-unsaturated/α-hetero) is 1. The van der Waals surface area contributed by atoms with E-state index in [4.69, 9.17) is 9.47 Å². The van der Waals surface area contributed by atoms with E-state index in [1.807, 2.05) is 19.1 Å². The molecule has 5 nitrogen and oxygen atoms in total. The third-order valence-corrected chi connectivity index (χ3v) is 5.90. The molecular weight excluding hydrogens is 366 g/mol. The molecule has 0 spiro atoms. The van der Waals surface area contributed by atoms with Crippen molar-refractivity contribution in [1.82, 2.24) is 5.32 Å². The first-order valence-electron chi connectivity index (χ1n) is 9.84. The van der Waals surface area contributed by atoms with Gasteiger partial charge in [-0.15, -0.1) is 0 Å². The van der Waals surface area contributed by atoms with E-state index >= 15 is 0 Å². The Morgan fingerprint density at radius 2 is 1.69 bits per heavy atom. The van der Waals surface area contributed by atoms with Gasteiger partial charge in [-0.25, -0.2) is 0 Å². The van der Waals surface area contributed by atoms with Gasteiger partial charge in [-0.05, 0) is 30.9 Å². The van der Waals surface area contributed by atoms with Crippen LogP contribution in [0.4, 0.5) is 0 Å². The van der Waals surface area contributed by atoms with E-state index in [2.05, 4.69) is 29.6 Å². The van der Waals surface area contributed by atoms with Crippen molar-refractivity contribution in [3.8, 4) is 11.5 Å². The Morgan fingerprint density at radius 1 is 0.931 bits per heavy atom. The summed E-state index contributed by atoms with van der Waals surface area (Å²) >= 11 is 0. The van der Waals surface area contributed by atoms with Gasteiger partial charge in [0.05, 0.1) is 14.2 Å². The Hall–Kier alpha value is -3.08. The fourth-order valence-electron chi connectivity index (χ4n) is 4.41. The van der Waals surface area contributed by atoms with Gasteiger partial charge in [0.15, 0.2) is 5.78 Å². The average molecular weight is 391 g/mol. The Kier molecular flexibility index (Phi) is 5.14. The molecule has 0 saturated carbocycles. The van der Waals surface area contributed by atoms with E-state index in [1.54, 1.807) is 20.3 Å². The van der Waals surface area contributed by atoms with Crippen LogP contribution in [0, 0.1) is 6.92 Å². The first kappa shape index (κ1) is 19.2. The second kappa shape index (κ2) is 7.74. The molecule has 1 N–H and O–H groups in total. The predicted octanol–water partition coefficient (Wildman–Crippen LogP) is 4.02. The van der Waals surface area contributed by atoms with Gasteiger partial charge < -0.3 is 14.8 Å². The molecule has 4 rings (SSSR count). The number of nitrogens with one attached hydrogen (secondary N) is 1. The monoisotopic (exact) mass is 391 g/mol. The van der Waals surface area contributed by atoms with Crippen molar-refractivity contribution in [2.45, 2.75) is 38.0 Å². The van der Waals surface area contributed by atoms with Crippen LogP contribution >= 0.6 is 0 Å². The summed E-state index contributed by atoms with van der Waals surface area (Å²) in [6.45, 7) is 2.05. The number of aryl methyl sites for hydroxylation is 1. The molecule has 2 atom stereocenters. The van der Waals surface area contributed by atoms with Crippen LogP contribution in [0.15, 0.2) is 53.7 Å².